The molecule has 1 aromatic carbocycles. The zero-order valence-electron chi connectivity index (χ0n) is 14.5. The van der Waals surface area contributed by atoms with Gasteiger partial charge >= 0.3 is 0 Å². The van der Waals surface area contributed by atoms with Crippen LogP contribution in [0.3, 0.4) is 0 Å². The van der Waals surface area contributed by atoms with Gasteiger partial charge in [-0.1, -0.05) is 24.3 Å². The third-order valence-corrected chi connectivity index (χ3v) is 4.21. The van der Waals surface area contributed by atoms with Gasteiger partial charge in [0.05, 0.1) is 24.5 Å². The van der Waals surface area contributed by atoms with Crippen molar-refractivity contribution in [3.05, 3.63) is 64.5 Å². The molecule has 6 heteroatoms. The van der Waals surface area contributed by atoms with Crippen molar-refractivity contribution in [1.29, 1.82) is 0 Å². The predicted octanol–water partition coefficient (Wildman–Crippen LogP) is 3.33. The molecule has 0 aliphatic heterocycles. The second-order valence-electron chi connectivity index (χ2n) is 6.38. The van der Waals surface area contributed by atoms with Gasteiger partial charge in [-0.2, -0.15) is 0 Å². The summed E-state index contributed by atoms with van der Waals surface area (Å²) in [5, 5.41) is 0. The van der Waals surface area contributed by atoms with Gasteiger partial charge < -0.3 is 18.9 Å². The van der Waals surface area contributed by atoms with E-state index in [4.69, 9.17) is 9.47 Å². The molecule has 0 aliphatic carbocycles. The number of benzene rings is 1. The van der Waals surface area contributed by atoms with Crippen LogP contribution in [0.25, 0.3) is 16.8 Å². The molecule has 25 heavy (non-hydrogen) atoms. The number of aromatic amines is 1. The van der Waals surface area contributed by atoms with Gasteiger partial charge in [0.15, 0.2) is 0 Å². The zero-order chi connectivity index (χ0) is 18.0. The Kier molecular flexibility index (Phi) is 4.74. The Bertz CT molecular complexity index is 926. The van der Waals surface area contributed by atoms with E-state index in [2.05, 4.69) is 4.98 Å². The summed E-state index contributed by atoms with van der Waals surface area (Å²) < 4.78 is 25.7. The topological polar surface area (TPSA) is 55.7 Å². The molecular weight excluding hydrogens is 323 g/mol. The van der Waals surface area contributed by atoms with E-state index in [1.165, 1.54) is 16.7 Å². The van der Waals surface area contributed by atoms with E-state index >= 15 is 0 Å². The number of rotatable bonds is 6. The quantitative estimate of drug-likeness (QED) is 0.698. The number of hydrogen-bond donors (Lipinski definition) is 1. The van der Waals surface area contributed by atoms with E-state index in [1.807, 2.05) is 38.1 Å². The molecule has 3 aromatic rings. The number of aromatic nitrogens is 2. The molecule has 2 heterocycles. The highest BCUT2D eigenvalue weighted by atomic mass is 19.1. The standard InChI is InChI=1S/C19H21FN2O3/c1-19(2,25-9-8-24-3)14-6-4-13(5-7-14)16-12-22-11-15(20)10-17(22)18(23)21-16/h4-7,10-12H,8-9H2,1-3H3,(H,21,23). The molecule has 0 radical (unpaired) electrons. The van der Waals surface area contributed by atoms with Crippen molar-refractivity contribution in [3.63, 3.8) is 0 Å². The first-order valence-corrected chi connectivity index (χ1v) is 8.05. The van der Waals surface area contributed by atoms with Gasteiger partial charge in [-0.3, -0.25) is 4.79 Å². The lowest BCUT2D eigenvalue weighted by Crippen LogP contribution is -2.23. The number of hydrogen-bond acceptors (Lipinski definition) is 3. The van der Waals surface area contributed by atoms with Crippen molar-refractivity contribution < 1.29 is 13.9 Å². The first-order chi connectivity index (χ1) is 11.9. The van der Waals surface area contributed by atoms with E-state index in [0.29, 0.717) is 18.9 Å². The first-order valence-electron chi connectivity index (χ1n) is 8.05. The molecule has 0 saturated heterocycles. The van der Waals surface area contributed by atoms with E-state index in [-0.39, 0.29) is 11.1 Å². The monoisotopic (exact) mass is 344 g/mol. The minimum atomic E-state index is -0.446. The predicted molar refractivity (Wildman–Crippen MR) is 94.3 cm³/mol. The molecule has 0 spiro atoms. The Labute approximate surface area is 145 Å². The van der Waals surface area contributed by atoms with Crippen LogP contribution in [0.15, 0.2) is 47.5 Å². The van der Waals surface area contributed by atoms with Crippen molar-refractivity contribution >= 4 is 5.52 Å². The van der Waals surface area contributed by atoms with Gasteiger partial charge in [0.25, 0.3) is 5.56 Å². The fourth-order valence-corrected chi connectivity index (χ4v) is 2.75. The summed E-state index contributed by atoms with van der Waals surface area (Å²) in [5.74, 6) is -0.437. The van der Waals surface area contributed by atoms with Crippen LogP contribution < -0.4 is 5.56 Å². The summed E-state index contributed by atoms with van der Waals surface area (Å²) in [4.78, 5) is 14.9. The van der Waals surface area contributed by atoms with Crippen molar-refractivity contribution in [1.82, 2.24) is 9.38 Å². The zero-order valence-corrected chi connectivity index (χ0v) is 14.5. The minimum Gasteiger partial charge on any atom is -0.382 e. The summed E-state index contributed by atoms with van der Waals surface area (Å²) in [6.07, 6.45) is 2.99. The van der Waals surface area contributed by atoms with E-state index < -0.39 is 11.4 Å². The Morgan fingerprint density at radius 1 is 1.16 bits per heavy atom. The summed E-state index contributed by atoms with van der Waals surface area (Å²) in [5.41, 5.74) is 1.99. The SMILES string of the molecule is COCCOC(C)(C)c1ccc(-c2cn3cc(F)cc3c(=O)[nH]2)cc1. The number of halogens is 1. The number of methoxy groups -OCH3 is 1. The maximum absolute atomic E-state index is 13.4. The average Bonchev–Trinajstić information content (AvgIpc) is 2.96. The lowest BCUT2D eigenvalue weighted by atomic mass is 9.96. The first kappa shape index (κ1) is 17.4. The number of H-pyrrole nitrogens is 1. The summed E-state index contributed by atoms with van der Waals surface area (Å²) in [7, 11) is 1.64. The third kappa shape index (κ3) is 3.65. The molecule has 0 atom stereocenters. The van der Waals surface area contributed by atoms with Gasteiger partial charge in [-0.05, 0) is 25.0 Å². The molecule has 2 aromatic heterocycles. The number of ether oxygens (including phenoxy) is 2. The molecule has 132 valence electrons. The highest BCUT2D eigenvalue weighted by molar-refractivity contribution is 5.61. The Balaban J connectivity index is 1.88. The van der Waals surface area contributed by atoms with Crippen LogP contribution in [-0.2, 0) is 15.1 Å². The van der Waals surface area contributed by atoms with E-state index in [9.17, 15) is 9.18 Å². The fourth-order valence-electron chi connectivity index (χ4n) is 2.75. The third-order valence-electron chi connectivity index (χ3n) is 4.21. The van der Waals surface area contributed by atoms with Crippen LogP contribution in [0.2, 0.25) is 0 Å². The minimum absolute atomic E-state index is 0.283. The Morgan fingerprint density at radius 3 is 2.56 bits per heavy atom. The lowest BCUT2D eigenvalue weighted by molar-refractivity contribution is -0.0431. The number of nitrogens with one attached hydrogen (secondary N) is 1. The largest absolute Gasteiger partial charge is 0.382 e. The normalized spacial score (nSPS) is 12.0. The van der Waals surface area contributed by atoms with Crippen LogP contribution in [-0.4, -0.2) is 29.7 Å². The van der Waals surface area contributed by atoms with Crippen molar-refractivity contribution in [2.24, 2.45) is 0 Å². The maximum Gasteiger partial charge on any atom is 0.272 e. The molecule has 0 bridgehead atoms. The van der Waals surface area contributed by atoms with Gasteiger partial charge in [0.2, 0.25) is 0 Å². The molecular formula is C19H21FN2O3. The molecule has 0 saturated carbocycles. The van der Waals surface area contributed by atoms with Crippen LogP contribution in [0.1, 0.15) is 19.4 Å². The maximum atomic E-state index is 13.4. The number of fused-ring (bicyclic) bond motifs is 1. The summed E-state index contributed by atoms with van der Waals surface area (Å²) >= 11 is 0. The second-order valence-corrected chi connectivity index (χ2v) is 6.38. The molecule has 0 unspecified atom stereocenters. The van der Waals surface area contributed by atoms with Crippen LogP contribution in [0, 0.1) is 5.82 Å². The second kappa shape index (κ2) is 6.82. The molecule has 1 N–H and O–H groups in total. The van der Waals surface area contributed by atoms with Gasteiger partial charge in [-0.15, -0.1) is 0 Å². The smallest absolute Gasteiger partial charge is 0.272 e. The van der Waals surface area contributed by atoms with Crippen LogP contribution in [0.4, 0.5) is 4.39 Å². The number of nitrogens with zero attached hydrogens (tertiary/aromatic N) is 1. The van der Waals surface area contributed by atoms with Crippen molar-refractivity contribution in [3.8, 4) is 11.3 Å². The molecule has 0 fully saturated rings. The lowest BCUT2D eigenvalue weighted by Gasteiger charge is -2.26. The molecule has 5 nitrogen and oxygen atoms in total. The van der Waals surface area contributed by atoms with Crippen LogP contribution >= 0.6 is 0 Å². The Morgan fingerprint density at radius 2 is 1.88 bits per heavy atom. The van der Waals surface area contributed by atoms with Gasteiger partial charge in [-0.25, -0.2) is 4.39 Å². The van der Waals surface area contributed by atoms with E-state index in [0.717, 1.165) is 11.1 Å². The van der Waals surface area contributed by atoms with E-state index in [1.54, 1.807) is 13.3 Å². The molecule has 0 amide bonds. The average molecular weight is 344 g/mol. The molecule has 0 aliphatic rings. The summed E-state index contributed by atoms with van der Waals surface area (Å²) in [6, 6.07) is 8.95. The van der Waals surface area contributed by atoms with Crippen molar-refractivity contribution in [2.75, 3.05) is 20.3 Å². The van der Waals surface area contributed by atoms with Crippen LogP contribution in [0.5, 0.6) is 0 Å². The highest BCUT2D eigenvalue weighted by Gasteiger charge is 2.21. The van der Waals surface area contributed by atoms with Gasteiger partial charge in [0.1, 0.15) is 11.3 Å². The highest BCUT2D eigenvalue weighted by Crippen LogP contribution is 2.27. The molecule has 3 rings (SSSR count). The fraction of sp³-hybridized carbons (Fsp3) is 0.316. The van der Waals surface area contributed by atoms with Crippen molar-refractivity contribution in [2.45, 2.75) is 19.4 Å². The Hall–Kier alpha value is -2.44. The van der Waals surface area contributed by atoms with Gasteiger partial charge in [0, 0.05) is 25.6 Å². The summed E-state index contributed by atoms with van der Waals surface area (Å²) in [6.45, 7) is 5.03.